The van der Waals surface area contributed by atoms with Gasteiger partial charge in [-0.15, -0.1) is 6.58 Å². The molecule has 0 radical (unpaired) electrons. The van der Waals surface area contributed by atoms with Gasteiger partial charge in [-0.2, -0.15) is 0 Å². The van der Waals surface area contributed by atoms with E-state index in [1.165, 1.54) is 19.3 Å². The van der Waals surface area contributed by atoms with Crippen LogP contribution >= 0.6 is 0 Å². The monoisotopic (exact) mass is 205 g/mol. The third-order valence-electron chi connectivity index (χ3n) is 5.15. The van der Waals surface area contributed by atoms with Gasteiger partial charge in [-0.1, -0.05) is 13.0 Å². The lowest BCUT2D eigenvalue weighted by molar-refractivity contribution is 0.369. The van der Waals surface area contributed by atoms with Crippen LogP contribution in [-0.2, 0) is 0 Å². The molecule has 1 heteroatoms. The average Bonchev–Trinajstić information content (AvgIpc) is 2.66. The standard InChI is InChI=1S/C14H23N/c1-3-5-11(15-4-2)14-12-9-6-7-10(8-9)13(12)14/h3,9-15H,1,4-8H2,2H3. The van der Waals surface area contributed by atoms with Gasteiger partial charge in [0, 0.05) is 6.04 Å². The number of hydrogen-bond acceptors (Lipinski definition) is 1. The number of fused-ring (bicyclic) bond motifs is 5. The van der Waals surface area contributed by atoms with Crippen molar-refractivity contribution in [3.8, 4) is 0 Å². The van der Waals surface area contributed by atoms with Crippen molar-refractivity contribution in [2.24, 2.45) is 29.6 Å². The second kappa shape index (κ2) is 3.62. The molecule has 0 aromatic heterocycles. The summed E-state index contributed by atoms with van der Waals surface area (Å²) in [6.07, 6.45) is 7.91. The quantitative estimate of drug-likeness (QED) is 0.681. The molecule has 3 rings (SSSR count). The van der Waals surface area contributed by atoms with Crippen LogP contribution in [0.1, 0.15) is 32.6 Å². The summed E-state index contributed by atoms with van der Waals surface area (Å²) < 4.78 is 0. The van der Waals surface area contributed by atoms with Gasteiger partial charge in [-0.3, -0.25) is 0 Å². The molecule has 0 aromatic rings. The molecule has 3 aliphatic carbocycles. The Balaban J connectivity index is 1.66. The van der Waals surface area contributed by atoms with Crippen molar-refractivity contribution in [2.45, 2.75) is 38.6 Å². The van der Waals surface area contributed by atoms with Crippen LogP contribution in [0.15, 0.2) is 12.7 Å². The molecule has 5 atom stereocenters. The van der Waals surface area contributed by atoms with Gasteiger partial charge in [-0.25, -0.2) is 0 Å². The van der Waals surface area contributed by atoms with Gasteiger partial charge in [0.15, 0.2) is 0 Å². The molecule has 0 aromatic carbocycles. The van der Waals surface area contributed by atoms with Crippen LogP contribution in [-0.4, -0.2) is 12.6 Å². The molecule has 84 valence electrons. The normalized spacial score (nSPS) is 47.7. The fourth-order valence-corrected chi connectivity index (χ4v) is 4.75. The molecular weight excluding hydrogens is 182 g/mol. The second-order valence-electron chi connectivity index (χ2n) is 5.75. The van der Waals surface area contributed by atoms with Crippen molar-refractivity contribution in [1.29, 1.82) is 0 Å². The molecule has 2 bridgehead atoms. The van der Waals surface area contributed by atoms with Crippen LogP contribution in [0.3, 0.4) is 0 Å². The Kier molecular flexibility index (Phi) is 2.39. The van der Waals surface area contributed by atoms with E-state index in [4.69, 9.17) is 0 Å². The zero-order valence-electron chi connectivity index (χ0n) is 9.78. The van der Waals surface area contributed by atoms with Gasteiger partial charge in [-0.05, 0) is 61.8 Å². The molecule has 15 heavy (non-hydrogen) atoms. The van der Waals surface area contributed by atoms with E-state index in [-0.39, 0.29) is 0 Å². The summed E-state index contributed by atoms with van der Waals surface area (Å²) in [7, 11) is 0. The summed E-state index contributed by atoms with van der Waals surface area (Å²) in [4.78, 5) is 0. The van der Waals surface area contributed by atoms with Gasteiger partial charge >= 0.3 is 0 Å². The van der Waals surface area contributed by atoms with Crippen LogP contribution in [0.4, 0.5) is 0 Å². The lowest BCUT2D eigenvalue weighted by atomic mass is 9.95. The highest BCUT2D eigenvalue weighted by molar-refractivity contribution is 5.16. The van der Waals surface area contributed by atoms with Gasteiger partial charge in [0.2, 0.25) is 0 Å². The summed E-state index contributed by atoms with van der Waals surface area (Å²) in [5.74, 6) is 5.43. The van der Waals surface area contributed by atoms with Crippen molar-refractivity contribution in [3.05, 3.63) is 12.7 Å². The van der Waals surface area contributed by atoms with Crippen LogP contribution in [0, 0.1) is 29.6 Å². The summed E-state index contributed by atoms with van der Waals surface area (Å²) in [5.41, 5.74) is 0. The first-order valence-corrected chi connectivity index (χ1v) is 6.71. The third-order valence-corrected chi connectivity index (χ3v) is 5.15. The van der Waals surface area contributed by atoms with Crippen molar-refractivity contribution < 1.29 is 0 Å². The maximum atomic E-state index is 3.90. The van der Waals surface area contributed by atoms with E-state index in [2.05, 4.69) is 24.9 Å². The van der Waals surface area contributed by atoms with Crippen LogP contribution < -0.4 is 5.32 Å². The van der Waals surface area contributed by atoms with E-state index in [1.54, 1.807) is 6.42 Å². The van der Waals surface area contributed by atoms with Crippen molar-refractivity contribution in [3.63, 3.8) is 0 Å². The molecule has 0 heterocycles. The fraction of sp³-hybridized carbons (Fsp3) is 0.857. The van der Waals surface area contributed by atoms with Crippen molar-refractivity contribution >= 4 is 0 Å². The molecule has 5 unspecified atom stereocenters. The highest BCUT2D eigenvalue weighted by Crippen LogP contribution is 2.70. The van der Waals surface area contributed by atoms with Gasteiger partial charge in [0.25, 0.3) is 0 Å². The van der Waals surface area contributed by atoms with Crippen molar-refractivity contribution in [1.82, 2.24) is 5.32 Å². The smallest absolute Gasteiger partial charge is 0.0135 e. The Morgan fingerprint density at radius 2 is 2.00 bits per heavy atom. The minimum atomic E-state index is 0.742. The highest BCUT2D eigenvalue weighted by atomic mass is 14.9. The summed E-state index contributed by atoms with van der Waals surface area (Å²) >= 11 is 0. The minimum absolute atomic E-state index is 0.742. The van der Waals surface area contributed by atoms with E-state index in [0.717, 1.165) is 42.2 Å². The van der Waals surface area contributed by atoms with Crippen LogP contribution in [0.25, 0.3) is 0 Å². The second-order valence-corrected chi connectivity index (χ2v) is 5.75. The topological polar surface area (TPSA) is 12.0 Å². The Labute approximate surface area is 93.3 Å². The van der Waals surface area contributed by atoms with E-state index in [9.17, 15) is 0 Å². The first-order valence-electron chi connectivity index (χ1n) is 6.71. The highest BCUT2D eigenvalue weighted by Gasteiger charge is 2.66. The Hall–Kier alpha value is -0.300. The largest absolute Gasteiger partial charge is 0.314 e. The van der Waals surface area contributed by atoms with Gasteiger partial charge < -0.3 is 5.32 Å². The maximum Gasteiger partial charge on any atom is 0.0135 e. The zero-order valence-corrected chi connectivity index (χ0v) is 9.78. The molecule has 0 spiro atoms. The predicted molar refractivity (Wildman–Crippen MR) is 63.6 cm³/mol. The minimum Gasteiger partial charge on any atom is -0.314 e. The lowest BCUT2D eigenvalue weighted by Gasteiger charge is -2.19. The molecule has 3 aliphatic rings. The van der Waals surface area contributed by atoms with E-state index >= 15 is 0 Å². The molecule has 3 saturated carbocycles. The average molecular weight is 205 g/mol. The van der Waals surface area contributed by atoms with E-state index in [0.29, 0.717) is 0 Å². The number of hydrogen-bond donors (Lipinski definition) is 1. The van der Waals surface area contributed by atoms with Gasteiger partial charge in [0.1, 0.15) is 0 Å². The summed E-state index contributed by atoms with van der Waals surface area (Å²) in [5, 5.41) is 3.67. The molecular formula is C14H23N. The first-order chi connectivity index (χ1) is 7.36. The summed E-state index contributed by atoms with van der Waals surface area (Å²) in [6, 6.07) is 0.742. The van der Waals surface area contributed by atoms with E-state index in [1.807, 2.05) is 0 Å². The third kappa shape index (κ3) is 1.39. The lowest BCUT2D eigenvalue weighted by Crippen LogP contribution is -2.32. The fourth-order valence-electron chi connectivity index (χ4n) is 4.75. The maximum absolute atomic E-state index is 3.90. The zero-order chi connectivity index (χ0) is 10.4. The molecule has 0 saturated heterocycles. The Bertz CT molecular complexity index is 244. The molecule has 0 aliphatic heterocycles. The number of nitrogens with one attached hydrogen (secondary N) is 1. The predicted octanol–water partition coefficient (Wildman–Crippen LogP) is 2.83. The molecule has 1 nitrogen and oxygen atoms in total. The Morgan fingerprint density at radius 1 is 1.33 bits per heavy atom. The SMILES string of the molecule is C=CCC(NCC)C1C2C3CCC(C3)C21. The summed E-state index contributed by atoms with van der Waals surface area (Å²) in [6.45, 7) is 7.24. The Morgan fingerprint density at radius 3 is 2.53 bits per heavy atom. The van der Waals surface area contributed by atoms with Crippen LogP contribution in [0.2, 0.25) is 0 Å². The first kappa shape index (κ1) is 9.89. The van der Waals surface area contributed by atoms with E-state index < -0.39 is 0 Å². The molecule has 3 fully saturated rings. The van der Waals surface area contributed by atoms with Crippen molar-refractivity contribution in [2.75, 3.05) is 6.54 Å². The molecule has 1 N–H and O–H groups in total. The number of rotatable bonds is 5. The van der Waals surface area contributed by atoms with Gasteiger partial charge in [0.05, 0.1) is 0 Å². The molecule has 0 amide bonds. The van der Waals surface area contributed by atoms with Crippen LogP contribution in [0.5, 0.6) is 0 Å².